The highest BCUT2D eigenvalue weighted by Crippen LogP contribution is 2.26. The van der Waals surface area contributed by atoms with Crippen LogP contribution in [0.25, 0.3) is 10.8 Å². The van der Waals surface area contributed by atoms with Crippen LogP contribution < -0.4 is 0 Å². The van der Waals surface area contributed by atoms with Crippen molar-refractivity contribution in [3.8, 4) is 0 Å². The minimum atomic E-state index is -2.18. The molecule has 2 N–H and O–H groups in total. The van der Waals surface area contributed by atoms with Gasteiger partial charge in [0.1, 0.15) is 0 Å². The molecule has 0 heterocycles. The van der Waals surface area contributed by atoms with Crippen LogP contribution in [0.5, 0.6) is 0 Å². The molecule has 0 amide bonds. The first-order chi connectivity index (χ1) is 7.61. The van der Waals surface area contributed by atoms with Crippen molar-refractivity contribution >= 4 is 32.9 Å². The van der Waals surface area contributed by atoms with E-state index in [9.17, 15) is 8.42 Å². The van der Waals surface area contributed by atoms with Crippen molar-refractivity contribution in [2.24, 2.45) is 0 Å². The van der Waals surface area contributed by atoms with Gasteiger partial charge in [0, 0.05) is 5.39 Å². The van der Waals surface area contributed by atoms with Crippen molar-refractivity contribution in [2.75, 3.05) is 0 Å². The maximum atomic E-state index is 11.1. The van der Waals surface area contributed by atoms with Crippen LogP contribution in [0, 0.1) is 0 Å². The third-order valence-electron chi connectivity index (χ3n) is 2.20. The van der Waals surface area contributed by atoms with Gasteiger partial charge in [-0.2, -0.15) is 0 Å². The Bertz CT molecular complexity index is 546. The SMILES string of the molecule is O=S(O)c1cccc2cccc(S(=O)O)c12. The van der Waals surface area contributed by atoms with Crippen LogP contribution in [0.1, 0.15) is 0 Å². The Morgan fingerprint density at radius 2 is 1.25 bits per heavy atom. The molecule has 4 nitrogen and oxygen atoms in total. The molecule has 0 aliphatic carbocycles. The first-order valence-corrected chi connectivity index (χ1v) is 6.56. The second-order valence-electron chi connectivity index (χ2n) is 3.11. The van der Waals surface area contributed by atoms with Crippen molar-refractivity contribution in [1.82, 2.24) is 0 Å². The van der Waals surface area contributed by atoms with Crippen LogP contribution in [0.4, 0.5) is 0 Å². The Balaban J connectivity index is 2.92. The smallest absolute Gasteiger partial charge is 0.187 e. The van der Waals surface area contributed by atoms with E-state index in [1.54, 1.807) is 24.3 Å². The maximum Gasteiger partial charge on any atom is 0.187 e. The standard InChI is InChI=1S/C10H8O4S2/c11-15(12)8-5-1-3-7-4-2-6-9(10(7)8)16(13)14/h1-6H,(H,11,12)(H,13,14). The molecule has 0 aliphatic rings. The zero-order chi connectivity index (χ0) is 11.7. The van der Waals surface area contributed by atoms with Crippen LogP contribution in [0.3, 0.4) is 0 Å². The Morgan fingerprint density at radius 1 is 0.812 bits per heavy atom. The summed E-state index contributed by atoms with van der Waals surface area (Å²) in [5.74, 6) is 0. The highest BCUT2D eigenvalue weighted by Gasteiger charge is 2.13. The number of benzene rings is 2. The van der Waals surface area contributed by atoms with Gasteiger partial charge < -0.3 is 9.11 Å². The molecule has 0 bridgehead atoms. The highest BCUT2D eigenvalue weighted by molar-refractivity contribution is 7.80. The van der Waals surface area contributed by atoms with Gasteiger partial charge in [-0.25, -0.2) is 8.42 Å². The van der Waals surface area contributed by atoms with E-state index in [0.29, 0.717) is 10.8 Å². The Kier molecular flexibility index (Phi) is 3.15. The van der Waals surface area contributed by atoms with E-state index in [-0.39, 0.29) is 9.79 Å². The molecule has 16 heavy (non-hydrogen) atoms. The number of rotatable bonds is 2. The summed E-state index contributed by atoms with van der Waals surface area (Å²) in [5, 5.41) is 1.03. The topological polar surface area (TPSA) is 74.6 Å². The van der Waals surface area contributed by atoms with Crippen molar-refractivity contribution in [3.63, 3.8) is 0 Å². The largest absolute Gasteiger partial charge is 0.302 e. The third kappa shape index (κ3) is 1.92. The first-order valence-electron chi connectivity index (χ1n) is 4.34. The molecule has 0 saturated carbocycles. The van der Waals surface area contributed by atoms with Crippen molar-refractivity contribution in [3.05, 3.63) is 36.4 Å². The summed E-state index contributed by atoms with van der Waals surface area (Å²) >= 11 is -4.35. The lowest BCUT2D eigenvalue weighted by molar-refractivity contribution is 0.564. The lowest BCUT2D eigenvalue weighted by atomic mass is 10.1. The van der Waals surface area contributed by atoms with E-state index >= 15 is 0 Å². The lowest BCUT2D eigenvalue weighted by Gasteiger charge is -2.06. The molecular weight excluding hydrogens is 248 g/mol. The zero-order valence-corrected chi connectivity index (χ0v) is 9.62. The second kappa shape index (κ2) is 4.42. The molecule has 0 aromatic heterocycles. The molecule has 2 rings (SSSR count). The van der Waals surface area contributed by atoms with Crippen LogP contribution in [0.2, 0.25) is 0 Å². The van der Waals surface area contributed by atoms with E-state index in [2.05, 4.69) is 0 Å². The van der Waals surface area contributed by atoms with Gasteiger partial charge in [-0.05, 0) is 17.5 Å². The predicted octanol–water partition coefficient (Wildman–Crippen LogP) is 2.00. The fourth-order valence-electron chi connectivity index (χ4n) is 1.56. The summed E-state index contributed by atoms with van der Waals surface area (Å²) in [7, 11) is 0. The quantitative estimate of drug-likeness (QED) is 0.806. The van der Waals surface area contributed by atoms with Gasteiger partial charge in [-0.15, -0.1) is 0 Å². The summed E-state index contributed by atoms with van der Waals surface area (Å²) in [4.78, 5) is 0.297. The summed E-state index contributed by atoms with van der Waals surface area (Å²) in [6, 6.07) is 9.65. The van der Waals surface area contributed by atoms with Gasteiger partial charge in [-0.3, -0.25) is 0 Å². The van der Waals surface area contributed by atoms with Gasteiger partial charge >= 0.3 is 0 Å². The first kappa shape index (κ1) is 11.4. The van der Waals surface area contributed by atoms with Crippen LogP contribution in [-0.4, -0.2) is 17.5 Å². The molecule has 0 spiro atoms. The van der Waals surface area contributed by atoms with Gasteiger partial charge in [0.25, 0.3) is 0 Å². The number of hydrogen-bond acceptors (Lipinski definition) is 2. The average molecular weight is 256 g/mol. The van der Waals surface area contributed by atoms with Gasteiger partial charge in [0.2, 0.25) is 0 Å². The van der Waals surface area contributed by atoms with Crippen LogP contribution >= 0.6 is 0 Å². The predicted molar refractivity (Wildman–Crippen MR) is 62.0 cm³/mol. The second-order valence-corrected chi connectivity index (χ2v) is 4.98. The van der Waals surface area contributed by atoms with E-state index in [1.807, 2.05) is 0 Å². The number of fused-ring (bicyclic) bond motifs is 1. The van der Waals surface area contributed by atoms with Crippen molar-refractivity contribution in [1.29, 1.82) is 0 Å². The summed E-state index contributed by atoms with van der Waals surface area (Å²) < 4.78 is 40.5. The van der Waals surface area contributed by atoms with Crippen molar-refractivity contribution in [2.45, 2.75) is 9.79 Å². The minimum Gasteiger partial charge on any atom is -0.302 e. The third-order valence-corrected chi connectivity index (χ3v) is 3.64. The van der Waals surface area contributed by atoms with Gasteiger partial charge in [0.05, 0.1) is 9.79 Å². The normalized spacial score (nSPS) is 14.9. The highest BCUT2D eigenvalue weighted by atomic mass is 32.2. The summed E-state index contributed by atoms with van der Waals surface area (Å²) in [6.07, 6.45) is 0. The molecule has 2 unspecified atom stereocenters. The van der Waals surface area contributed by atoms with E-state index in [4.69, 9.17) is 9.11 Å². The summed E-state index contributed by atoms with van der Waals surface area (Å²) in [5.41, 5.74) is 0. The van der Waals surface area contributed by atoms with Crippen LogP contribution in [0.15, 0.2) is 46.2 Å². The molecule has 84 valence electrons. The van der Waals surface area contributed by atoms with E-state index < -0.39 is 22.2 Å². The fourth-order valence-corrected chi connectivity index (χ4v) is 2.82. The Labute approximate surface area is 96.9 Å². The van der Waals surface area contributed by atoms with Gasteiger partial charge in [-0.1, -0.05) is 24.3 Å². The molecular formula is C10H8O4S2. The zero-order valence-electron chi connectivity index (χ0n) is 7.99. The molecule has 0 fully saturated rings. The molecule has 6 heteroatoms. The Morgan fingerprint density at radius 3 is 1.62 bits per heavy atom. The van der Waals surface area contributed by atoms with Crippen LogP contribution in [-0.2, 0) is 22.2 Å². The van der Waals surface area contributed by atoms with E-state index in [0.717, 1.165) is 0 Å². The lowest BCUT2D eigenvalue weighted by Crippen LogP contribution is -1.96. The monoisotopic (exact) mass is 256 g/mol. The average Bonchev–Trinajstić information content (AvgIpc) is 2.27. The van der Waals surface area contributed by atoms with E-state index in [1.165, 1.54) is 12.1 Å². The maximum absolute atomic E-state index is 11.1. The molecule has 0 aliphatic heterocycles. The molecule has 2 atom stereocenters. The number of hydrogen-bond donors (Lipinski definition) is 2. The fraction of sp³-hybridized carbons (Fsp3) is 0. The molecule has 2 aromatic rings. The molecule has 2 aromatic carbocycles. The van der Waals surface area contributed by atoms with Gasteiger partial charge in [0.15, 0.2) is 22.2 Å². The summed E-state index contributed by atoms with van der Waals surface area (Å²) in [6.45, 7) is 0. The minimum absolute atomic E-state index is 0.149. The Hall–Kier alpha value is -1.08. The molecule has 0 saturated heterocycles. The molecule has 0 radical (unpaired) electrons. The van der Waals surface area contributed by atoms with Crippen molar-refractivity contribution < 1.29 is 17.5 Å².